The number of carbonyl (C=O) groups excluding carboxylic acids is 1. The SMILES string of the molecule is CSc1ccc(Cl)c(C(=O)N(C)[C@@H](C)[C@@H](C)S(C)(=O)=O)c1. The molecular formula is C14H20ClNO3S2. The quantitative estimate of drug-likeness (QED) is 0.767. The maximum absolute atomic E-state index is 12.5. The number of benzene rings is 1. The van der Waals surface area contributed by atoms with Crippen LogP contribution in [-0.4, -0.2) is 50.1 Å². The molecular weight excluding hydrogens is 330 g/mol. The number of rotatable bonds is 5. The molecule has 4 nitrogen and oxygen atoms in total. The fraction of sp³-hybridized carbons (Fsp3) is 0.500. The maximum atomic E-state index is 12.5. The molecule has 0 N–H and O–H groups in total. The average molecular weight is 350 g/mol. The number of hydrogen-bond acceptors (Lipinski definition) is 4. The summed E-state index contributed by atoms with van der Waals surface area (Å²) < 4.78 is 23.3. The molecule has 0 aliphatic heterocycles. The van der Waals surface area contributed by atoms with Gasteiger partial charge >= 0.3 is 0 Å². The van der Waals surface area contributed by atoms with Gasteiger partial charge in [-0.15, -0.1) is 11.8 Å². The minimum absolute atomic E-state index is 0.279. The number of hydrogen-bond donors (Lipinski definition) is 0. The molecule has 1 amide bonds. The first-order valence-corrected chi connectivity index (χ1v) is 9.95. The highest BCUT2D eigenvalue weighted by molar-refractivity contribution is 7.98. The first-order chi connectivity index (χ1) is 9.59. The molecule has 0 aromatic heterocycles. The van der Waals surface area contributed by atoms with Gasteiger partial charge in [-0.2, -0.15) is 0 Å². The molecule has 0 aliphatic rings. The Bertz CT molecular complexity index is 631. The van der Waals surface area contributed by atoms with Crippen molar-refractivity contribution in [3.8, 4) is 0 Å². The third-order valence-electron chi connectivity index (χ3n) is 3.69. The number of nitrogens with zero attached hydrogens (tertiary/aromatic N) is 1. The monoisotopic (exact) mass is 349 g/mol. The number of halogens is 1. The molecule has 0 aliphatic carbocycles. The standard InChI is InChI=1S/C14H20ClNO3S2/c1-9(10(2)21(5,18)19)16(3)14(17)12-8-11(20-4)6-7-13(12)15/h6-10H,1-5H3/t9-,10+/m0/s1. The molecule has 0 saturated carbocycles. The zero-order valence-corrected chi connectivity index (χ0v) is 15.1. The smallest absolute Gasteiger partial charge is 0.255 e. The van der Waals surface area contributed by atoms with Crippen LogP contribution in [0.25, 0.3) is 0 Å². The largest absolute Gasteiger partial charge is 0.338 e. The summed E-state index contributed by atoms with van der Waals surface area (Å²) in [6.07, 6.45) is 3.09. The normalized spacial score (nSPS) is 14.6. The second kappa shape index (κ2) is 7.03. The Kier molecular flexibility index (Phi) is 6.13. The van der Waals surface area contributed by atoms with Gasteiger partial charge in [-0.05, 0) is 38.3 Å². The van der Waals surface area contributed by atoms with E-state index in [9.17, 15) is 13.2 Å². The van der Waals surface area contributed by atoms with E-state index in [0.717, 1.165) is 4.90 Å². The van der Waals surface area contributed by atoms with Gasteiger partial charge in [0.15, 0.2) is 9.84 Å². The van der Waals surface area contributed by atoms with Crippen LogP contribution in [0.15, 0.2) is 23.1 Å². The summed E-state index contributed by atoms with van der Waals surface area (Å²) in [6.45, 7) is 3.32. The number of carbonyl (C=O) groups is 1. The molecule has 118 valence electrons. The lowest BCUT2D eigenvalue weighted by atomic mass is 10.1. The number of amides is 1. The fourth-order valence-electron chi connectivity index (χ4n) is 1.84. The number of sulfone groups is 1. The fourth-order valence-corrected chi connectivity index (χ4v) is 3.38. The molecule has 1 aromatic rings. The van der Waals surface area contributed by atoms with Gasteiger partial charge in [-0.3, -0.25) is 4.79 Å². The van der Waals surface area contributed by atoms with Crippen LogP contribution in [0.5, 0.6) is 0 Å². The Morgan fingerprint density at radius 1 is 1.33 bits per heavy atom. The van der Waals surface area contributed by atoms with E-state index in [-0.39, 0.29) is 5.91 Å². The Labute approximate surface area is 135 Å². The van der Waals surface area contributed by atoms with E-state index >= 15 is 0 Å². The Morgan fingerprint density at radius 3 is 2.38 bits per heavy atom. The van der Waals surface area contributed by atoms with Crippen LogP contribution in [0.3, 0.4) is 0 Å². The third kappa shape index (κ3) is 4.37. The van der Waals surface area contributed by atoms with Crippen LogP contribution in [0.4, 0.5) is 0 Å². The maximum Gasteiger partial charge on any atom is 0.255 e. The molecule has 0 bridgehead atoms. The highest BCUT2D eigenvalue weighted by Crippen LogP contribution is 2.25. The second-order valence-corrected chi connectivity index (χ2v) is 8.73. The lowest BCUT2D eigenvalue weighted by molar-refractivity contribution is 0.0742. The van der Waals surface area contributed by atoms with E-state index in [1.165, 1.54) is 22.9 Å². The topological polar surface area (TPSA) is 54.5 Å². The van der Waals surface area contributed by atoms with Gasteiger partial charge in [-0.1, -0.05) is 11.6 Å². The summed E-state index contributed by atoms with van der Waals surface area (Å²) in [5.74, 6) is -0.279. The number of thioether (sulfide) groups is 1. The molecule has 0 heterocycles. The summed E-state index contributed by atoms with van der Waals surface area (Å²) in [6, 6.07) is 4.80. The van der Waals surface area contributed by atoms with E-state index in [1.807, 2.05) is 12.3 Å². The van der Waals surface area contributed by atoms with Crippen molar-refractivity contribution in [2.75, 3.05) is 19.6 Å². The minimum atomic E-state index is -3.22. The summed E-state index contributed by atoms with van der Waals surface area (Å²) >= 11 is 7.61. The minimum Gasteiger partial charge on any atom is -0.338 e. The molecule has 0 radical (unpaired) electrons. The van der Waals surface area contributed by atoms with Gasteiger partial charge in [-0.25, -0.2) is 8.42 Å². The lowest BCUT2D eigenvalue weighted by Gasteiger charge is -2.29. The van der Waals surface area contributed by atoms with Gasteiger partial charge in [0, 0.05) is 24.2 Å². The van der Waals surface area contributed by atoms with Crippen LogP contribution >= 0.6 is 23.4 Å². The van der Waals surface area contributed by atoms with Crippen molar-refractivity contribution >= 4 is 39.1 Å². The molecule has 2 atom stereocenters. The third-order valence-corrected chi connectivity index (χ3v) is 6.49. The molecule has 0 spiro atoms. The van der Waals surface area contributed by atoms with Crippen molar-refractivity contribution in [1.29, 1.82) is 0 Å². The van der Waals surface area contributed by atoms with Crippen molar-refractivity contribution in [2.45, 2.75) is 30.0 Å². The predicted molar refractivity (Wildman–Crippen MR) is 89.1 cm³/mol. The van der Waals surface area contributed by atoms with Crippen LogP contribution in [0, 0.1) is 0 Å². The van der Waals surface area contributed by atoms with Gasteiger partial charge in [0.05, 0.1) is 15.8 Å². The molecule has 0 unspecified atom stereocenters. The zero-order valence-electron chi connectivity index (χ0n) is 12.8. The second-order valence-electron chi connectivity index (χ2n) is 5.04. The first kappa shape index (κ1) is 18.3. The zero-order chi connectivity index (χ0) is 16.4. The molecule has 1 aromatic carbocycles. The molecule has 0 fully saturated rings. The van der Waals surface area contributed by atoms with Crippen molar-refractivity contribution in [2.24, 2.45) is 0 Å². The Morgan fingerprint density at radius 2 is 1.90 bits per heavy atom. The highest BCUT2D eigenvalue weighted by Gasteiger charge is 2.29. The molecule has 1 rings (SSSR count). The van der Waals surface area contributed by atoms with E-state index in [1.54, 1.807) is 33.0 Å². The van der Waals surface area contributed by atoms with Gasteiger partial charge in [0.2, 0.25) is 0 Å². The van der Waals surface area contributed by atoms with Gasteiger partial charge < -0.3 is 4.90 Å². The first-order valence-electron chi connectivity index (χ1n) is 6.39. The average Bonchev–Trinajstić information content (AvgIpc) is 2.43. The lowest BCUT2D eigenvalue weighted by Crippen LogP contribution is -2.44. The Balaban J connectivity index is 3.08. The summed E-state index contributed by atoms with van der Waals surface area (Å²) in [4.78, 5) is 14.9. The Hall–Kier alpha value is -0.720. The van der Waals surface area contributed by atoms with E-state index in [4.69, 9.17) is 11.6 Å². The van der Waals surface area contributed by atoms with Crippen LogP contribution in [0.2, 0.25) is 5.02 Å². The summed E-state index contributed by atoms with van der Waals surface area (Å²) in [5, 5.41) is -0.280. The van der Waals surface area contributed by atoms with Crippen molar-refractivity contribution in [3.63, 3.8) is 0 Å². The van der Waals surface area contributed by atoms with Gasteiger partial charge in [0.25, 0.3) is 5.91 Å². The van der Waals surface area contributed by atoms with Crippen molar-refractivity contribution in [3.05, 3.63) is 28.8 Å². The van der Waals surface area contributed by atoms with E-state index in [0.29, 0.717) is 10.6 Å². The van der Waals surface area contributed by atoms with Crippen LogP contribution < -0.4 is 0 Å². The highest BCUT2D eigenvalue weighted by atomic mass is 35.5. The van der Waals surface area contributed by atoms with E-state index < -0.39 is 21.1 Å². The molecule has 7 heteroatoms. The summed E-state index contributed by atoms with van der Waals surface area (Å²) in [7, 11) is -1.62. The van der Waals surface area contributed by atoms with Crippen LogP contribution in [0.1, 0.15) is 24.2 Å². The van der Waals surface area contributed by atoms with Crippen molar-refractivity contribution < 1.29 is 13.2 Å². The van der Waals surface area contributed by atoms with Crippen LogP contribution in [-0.2, 0) is 9.84 Å². The van der Waals surface area contributed by atoms with Gasteiger partial charge in [0.1, 0.15) is 0 Å². The van der Waals surface area contributed by atoms with Crippen molar-refractivity contribution in [1.82, 2.24) is 4.90 Å². The van der Waals surface area contributed by atoms with E-state index in [2.05, 4.69) is 0 Å². The summed E-state index contributed by atoms with van der Waals surface area (Å²) in [5.41, 5.74) is 0.388. The predicted octanol–water partition coefficient (Wildman–Crippen LogP) is 2.96. The molecule has 0 saturated heterocycles. The molecule has 21 heavy (non-hydrogen) atoms.